The number of benzene rings is 1. The highest BCUT2D eigenvalue weighted by atomic mass is 16.5. The molecule has 0 spiro atoms. The minimum Gasteiger partial charge on any atom is -0.385 e. The number of aliphatic hydroxyl groups excluding tert-OH is 1. The summed E-state index contributed by atoms with van der Waals surface area (Å²) in [5, 5.41) is 12.9. The normalized spacial score (nSPS) is 25.4. The quantitative estimate of drug-likeness (QED) is 0.898. The molecule has 3 nitrogen and oxygen atoms in total. The molecule has 1 N–H and O–H groups in total. The lowest BCUT2D eigenvalue weighted by atomic mass is 9.85. The van der Waals surface area contributed by atoms with Crippen LogP contribution in [0.1, 0.15) is 37.9 Å². The van der Waals surface area contributed by atoms with E-state index in [1.54, 1.807) is 6.20 Å². The summed E-state index contributed by atoms with van der Waals surface area (Å²) in [7, 11) is 0. The van der Waals surface area contributed by atoms with Crippen molar-refractivity contribution in [3.8, 4) is 0 Å². The van der Waals surface area contributed by atoms with Crippen LogP contribution in [-0.2, 0) is 4.74 Å². The summed E-state index contributed by atoms with van der Waals surface area (Å²) in [6.07, 6.45) is 6.09. The third-order valence-electron chi connectivity index (χ3n) is 4.09. The van der Waals surface area contributed by atoms with Gasteiger partial charge in [-0.2, -0.15) is 0 Å². The van der Waals surface area contributed by atoms with Gasteiger partial charge in [0, 0.05) is 24.4 Å². The van der Waals surface area contributed by atoms with E-state index in [2.05, 4.69) is 4.98 Å². The Bertz CT molecular complexity index is 570. The van der Waals surface area contributed by atoms with E-state index in [9.17, 15) is 5.11 Å². The van der Waals surface area contributed by atoms with Crippen molar-refractivity contribution in [3.63, 3.8) is 0 Å². The van der Waals surface area contributed by atoms with E-state index in [-0.39, 0.29) is 0 Å². The van der Waals surface area contributed by atoms with Gasteiger partial charge in [0.05, 0.1) is 5.60 Å². The highest BCUT2D eigenvalue weighted by molar-refractivity contribution is 5.85. The van der Waals surface area contributed by atoms with Crippen LogP contribution in [0.5, 0.6) is 0 Å². The fourth-order valence-electron chi connectivity index (χ4n) is 2.89. The van der Waals surface area contributed by atoms with Crippen LogP contribution in [0, 0.1) is 0 Å². The van der Waals surface area contributed by atoms with Gasteiger partial charge in [-0.1, -0.05) is 18.2 Å². The van der Waals surface area contributed by atoms with Crippen LogP contribution < -0.4 is 0 Å². The molecule has 1 aliphatic heterocycles. The van der Waals surface area contributed by atoms with E-state index in [1.807, 2.05) is 37.4 Å². The Morgan fingerprint density at radius 1 is 1.32 bits per heavy atom. The first-order valence-corrected chi connectivity index (χ1v) is 6.85. The topological polar surface area (TPSA) is 42.4 Å². The van der Waals surface area contributed by atoms with Crippen molar-refractivity contribution in [1.29, 1.82) is 0 Å². The van der Waals surface area contributed by atoms with Crippen LogP contribution in [-0.4, -0.2) is 22.3 Å². The molecule has 0 radical (unpaired) electrons. The maximum atomic E-state index is 10.8. The molecule has 1 aliphatic rings. The van der Waals surface area contributed by atoms with Crippen LogP contribution in [0.3, 0.4) is 0 Å². The van der Waals surface area contributed by atoms with E-state index >= 15 is 0 Å². The molecule has 0 aliphatic carbocycles. The molecular weight excluding hydrogens is 238 g/mol. The zero-order valence-corrected chi connectivity index (χ0v) is 11.2. The lowest BCUT2D eigenvalue weighted by molar-refractivity contribution is -0.137. The van der Waals surface area contributed by atoms with Crippen molar-refractivity contribution in [2.24, 2.45) is 0 Å². The summed E-state index contributed by atoms with van der Waals surface area (Å²) >= 11 is 0. The van der Waals surface area contributed by atoms with Crippen LogP contribution in [0.15, 0.2) is 36.7 Å². The molecule has 1 fully saturated rings. The smallest absolute Gasteiger partial charge is 0.108 e. The van der Waals surface area contributed by atoms with Gasteiger partial charge in [-0.25, -0.2) is 0 Å². The second-order valence-electron chi connectivity index (χ2n) is 5.46. The Labute approximate surface area is 113 Å². The number of aromatic nitrogens is 1. The second kappa shape index (κ2) is 4.91. The minimum absolute atomic E-state index is 0.476. The van der Waals surface area contributed by atoms with Crippen molar-refractivity contribution in [3.05, 3.63) is 42.2 Å². The summed E-state index contributed by atoms with van der Waals surface area (Å²) < 4.78 is 5.86. The van der Waals surface area contributed by atoms with Gasteiger partial charge in [0.25, 0.3) is 0 Å². The van der Waals surface area contributed by atoms with Crippen molar-refractivity contribution in [2.45, 2.75) is 37.9 Å². The SMILES string of the molecule is CC1(C(O)c2cccc3cnccc23)CCCCO1. The second-order valence-corrected chi connectivity index (χ2v) is 5.46. The Balaban J connectivity index is 2.03. The molecule has 2 atom stereocenters. The number of pyridine rings is 1. The van der Waals surface area contributed by atoms with Crippen LogP contribution >= 0.6 is 0 Å². The van der Waals surface area contributed by atoms with Gasteiger partial charge in [0.2, 0.25) is 0 Å². The number of aliphatic hydroxyl groups is 1. The molecule has 3 heteroatoms. The first kappa shape index (κ1) is 12.6. The van der Waals surface area contributed by atoms with E-state index in [0.29, 0.717) is 0 Å². The molecule has 0 amide bonds. The largest absolute Gasteiger partial charge is 0.385 e. The van der Waals surface area contributed by atoms with Crippen molar-refractivity contribution in [1.82, 2.24) is 4.98 Å². The molecular formula is C16H19NO2. The monoisotopic (exact) mass is 257 g/mol. The molecule has 1 aromatic heterocycles. The highest BCUT2D eigenvalue weighted by Gasteiger charge is 2.37. The fraction of sp³-hybridized carbons (Fsp3) is 0.438. The molecule has 2 heterocycles. The van der Waals surface area contributed by atoms with E-state index in [0.717, 1.165) is 42.2 Å². The molecule has 3 rings (SSSR count). The van der Waals surface area contributed by atoms with E-state index < -0.39 is 11.7 Å². The molecule has 2 aromatic rings. The molecule has 100 valence electrons. The van der Waals surface area contributed by atoms with Gasteiger partial charge in [-0.15, -0.1) is 0 Å². The van der Waals surface area contributed by atoms with E-state index in [1.165, 1.54) is 0 Å². The number of fused-ring (bicyclic) bond motifs is 1. The van der Waals surface area contributed by atoms with Crippen molar-refractivity contribution in [2.75, 3.05) is 6.61 Å². The molecule has 19 heavy (non-hydrogen) atoms. The summed E-state index contributed by atoms with van der Waals surface area (Å²) in [4.78, 5) is 4.13. The average molecular weight is 257 g/mol. The summed E-state index contributed by atoms with van der Waals surface area (Å²) in [5.74, 6) is 0. The van der Waals surface area contributed by atoms with Gasteiger partial charge in [0.15, 0.2) is 0 Å². The van der Waals surface area contributed by atoms with Crippen molar-refractivity contribution < 1.29 is 9.84 Å². The molecule has 0 saturated carbocycles. The third-order valence-corrected chi connectivity index (χ3v) is 4.09. The lowest BCUT2D eigenvalue weighted by Gasteiger charge is -2.38. The third kappa shape index (κ3) is 2.24. The van der Waals surface area contributed by atoms with Crippen LogP contribution in [0.25, 0.3) is 10.8 Å². The van der Waals surface area contributed by atoms with Crippen molar-refractivity contribution >= 4 is 10.8 Å². The number of rotatable bonds is 2. The predicted octanol–water partition coefficient (Wildman–Crippen LogP) is 3.23. The zero-order valence-electron chi connectivity index (χ0n) is 11.2. The first-order chi connectivity index (χ1) is 9.21. The molecule has 1 aromatic carbocycles. The predicted molar refractivity (Wildman–Crippen MR) is 74.9 cm³/mol. The number of ether oxygens (including phenoxy) is 1. The minimum atomic E-state index is -0.598. The summed E-state index contributed by atoms with van der Waals surface area (Å²) in [5.41, 5.74) is 0.458. The Morgan fingerprint density at radius 2 is 2.21 bits per heavy atom. The Kier molecular flexibility index (Phi) is 3.25. The molecule has 1 saturated heterocycles. The standard InChI is InChI=1S/C16H19NO2/c1-16(8-2-3-10-19-16)15(18)14-6-4-5-12-11-17-9-7-13(12)14/h4-7,9,11,15,18H,2-3,8,10H2,1H3. The number of hydrogen-bond acceptors (Lipinski definition) is 3. The van der Waals surface area contributed by atoms with Gasteiger partial charge < -0.3 is 9.84 Å². The maximum Gasteiger partial charge on any atom is 0.108 e. The Morgan fingerprint density at radius 3 is 3.00 bits per heavy atom. The van der Waals surface area contributed by atoms with E-state index in [4.69, 9.17) is 4.74 Å². The lowest BCUT2D eigenvalue weighted by Crippen LogP contribution is -2.39. The Hall–Kier alpha value is -1.45. The van der Waals surface area contributed by atoms with Crippen LogP contribution in [0.2, 0.25) is 0 Å². The maximum absolute atomic E-state index is 10.8. The first-order valence-electron chi connectivity index (χ1n) is 6.85. The number of nitrogens with zero attached hydrogens (tertiary/aromatic N) is 1. The summed E-state index contributed by atoms with van der Waals surface area (Å²) in [6.45, 7) is 2.75. The highest BCUT2D eigenvalue weighted by Crippen LogP contribution is 2.38. The zero-order chi connectivity index (χ0) is 13.3. The van der Waals surface area contributed by atoms with Gasteiger partial charge in [-0.3, -0.25) is 4.98 Å². The average Bonchev–Trinajstić information content (AvgIpc) is 2.47. The summed E-state index contributed by atoms with van der Waals surface area (Å²) in [6, 6.07) is 7.92. The van der Waals surface area contributed by atoms with Gasteiger partial charge in [0.1, 0.15) is 6.10 Å². The van der Waals surface area contributed by atoms with Crippen LogP contribution in [0.4, 0.5) is 0 Å². The molecule has 2 unspecified atom stereocenters. The number of hydrogen-bond donors (Lipinski definition) is 1. The fourth-order valence-corrected chi connectivity index (χ4v) is 2.89. The van der Waals surface area contributed by atoms with Gasteiger partial charge >= 0.3 is 0 Å². The van der Waals surface area contributed by atoms with Gasteiger partial charge in [-0.05, 0) is 43.2 Å². The molecule has 0 bridgehead atoms.